The second-order valence-electron chi connectivity index (χ2n) is 3.26. The second kappa shape index (κ2) is 5.45. The summed E-state index contributed by atoms with van der Waals surface area (Å²) in [6.45, 7) is 0. The maximum atomic E-state index is 8.99. The summed E-state index contributed by atoms with van der Waals surface area (Å²) in [6, 6.07) is 8.25. The molecule has 0 fully saturated rings. The highest BCUT2D eigenvalue weighted by Crippen LogP contribution is 2.34. The molecule has 0 amide bonds. The topological polar surface area (TPSA) is 45.9 Å². The van der Waals surface area contributed by atoms with Crippen LogP contribution in [0.1, 0.15) is 5.56 Å². The highest BCUT2D eigenvalue weighted by Gasteiger charge is 2.11. The number of nitriles is 1. The maximum absolute atomic E-state index is 8.99. The van der Waals surface area contributed by atoms with Crippen molar-refractivity contribution in [1.82, 2.24) is 4.98 Å². The molecule has 0 radical (unpaired) electrons. The van der Waals surface area contributed by atoms with Gasteiger partial charge in [0.05, 0.1) is 5.02 Å². The molecule has 2 rings (SSSR count). The SMILES string of the molecule is N#Cc1c(Oc2cc(Cl)ccc2Cl)ccnc1Cl. The van der Waals surface area contributed by atoms with Gasteiger partial charge in [0, 0.05) is 23.4 Å². The van der Waals surface area contributed by atoms with E-state index >= 15 is 0 Å². The molecule has 0 unspecified atom stereocenters. The second-order valence-corrected chi connectivity index (χ2v) is 4.47. The number of ether oxygens (including phenoxy) is 1. The van der Waals surface area contributed by atoms with Gasteiger partial charge in [0.2, 0.25) is 0 Å². The summed E-state index contributed by atoms with van der Waals surface area (Å²) in [5, 5.41) is 9.93. The molecular weight excluding hydrogens is 295 g/mol. The number of nitrogens with zero attached hydrogens (tertiary/aromatic N) is 2. The van der Waals surface area contributed by atoms with Crippen LogP contribution in [-0.2, 0) is 0 Å². The van der Waals surface area contributed by atoms with E-state index < -0.39 is 0 Å². The molecule has 18 heavy (non-hydrogen) atoms. The fraction of sp³-hybridized carbons (Fsp3) is 0. The first kappa shape index (κ1) is 13.0. The van der Waals surface area contributed by atoms with Gasteiger partial charge in [-0.05, 0) is 12.1 Å². The lowest BCUT2D eigenvalue weighted by atomic mass is 10.3. The molecule has 0 atom stereocenters. The zero-order valence-corrected chi connectivity index (χ0v) is 11.1. The van der Waals surface area contributed by atoms with Crippen molar-refractivity contribution < 1.29 is 4.74 Å². The summed E-state index contributed by atoms with van der Waals surface area (Å²) in [5.41, 5.74) is 0.148. The molecular formula is C12H5Cl3N2O. The minimum atomic E-state index is 0.0770. The van der Waals surface area contributed by atoms with Crippen LogP contribution < -0.4 is 4.74 Å². The standard InChI is InChI=1S/C12H5Cl3N2O/c13-7-1-2-9(14)11(5-7)18-10-3-4-17-12(15)8(10)6-16/h1-5H. The van der Waals surface area contributed by atoms with Gasteiger partial charge in [0.1, 0.15) is 23.1 Å². The van der Waals surface area contributed by atoms with E-state index in [1.807, 2.05) is 6.07 Å². The first-order valence-electron chi connectivity index (χ1n) is 4.79. The van der Waals surface area contributed by atoms with Gasteiger partial charge in [-0.15, -0.1) is 0 Å². The number of aromatic nitrogens is 1. The van der Waals surface area contributed by atoms with Crippen molar-refractivity contribution in [1.29, 1.82) is 5.26 Å². The predicted octanol–water partition coefficient (Wildman–Crippen LogP) is 4.71. The molecule has 0 aliphatic rings. The number of halogens is 3. The van der Waals surface area contributed by atoms with Gasteiger partial charge in [0.25, 0.3) is 0 Å². The minimum absolute atomic E-state index is 0.0770. The van der Waals surface area contributed by atoms with Crippen LogP contribution in [0.3, 0.4) is 0 Å². The van der Waals surface area contributed by atoms with Crippen molar-refractivity contribution in [2.24, 2.45) is 0 Å². The Labute approximate surface area is 118 Å². The first-order valence-corrected chi connectivity index (χ1v) is 5.92. The lowest BCUT2D eigenvalue weighted by molar-refractivity contribution is 0.480. The molecule has 2 aromatic rings. The van der Waals surface area contributed by atoms with E-state index in [0.29, 0.717) is 15.8 Å². The van der Waals surface area contributed by atoms with Crippen LogP contribution in [0.2, 0.25) is 15.2 Å². The molecule has 0 aliphatic heterocycles. The average Bonchev–Trinajstić information content (AvgIpc) is 2.34. The molecule has 0 aliphatic carbocycles. The normalized spacial score (nSPS) is 9.89. The van der Waals surface area contributed by atoms with Crippen LogP contribution in [0.5, 0.6) is 11.5 Å². The molecule has 0 N–H and O–H groups in total. The Bertz CT molecular complexity index is 638. The van der Waals surface area contributed by atoms with Crippen LogP contribution >= 0.6 is 34.8 Å². The highest BCUT2D eigenvalue weighted by atomic mass is 35.5. The summed E-state index contributed by atoms with van der Waals surface area (Å²) in [7, 11) is 0. The monoisotopic (exact) mass is 298 g/mol. The van der Waals surface area contributed by atoms with E-state index in [0.717, 1.165) is 0 Å². The van der Waals surface area contributed by atoms with E-state index in [9.17, 15) is 0 Å². The van der Waals surface area contributed by atoms with Crippen LogP contribution in [0.25, 0.3) is 0 Å². The largest absolute Gasteiger partial charge is 0.454 e. The molecule has 1 heterocycles. The first-order chi connectivity index (χ1) is 8.61. The van der Waals surface area contributed by atoms with Gasteiger partial charge in [-0.25, -0.2) is 4.98 Å². The molecule has 0 saturated heterocycles. The Balaban J connectivity index is 2.44. The van der Waals surface area contributed by atoms with Gasteiger partial charge in [-0.3, -0.25) is 0 Å². The van der Waals surface area contributed by atoms with Crippen molar-refractivity contribution in [2.45, 2.75) is 0 Å². The molecule has 6 heteroatoms. The van der Waals surface area contributed by atoms with Crippen molar-refractivity contribution >= 4 is 34.8 Å². The fourth-order valence-corrected chi connectivity index (χ4v) is 1.79. The van der Waals surface area contributed by atoms with E-state index in [1.165, 1.54) is 12.3 Å². The Kier molecular flexibility index (Phi) is 3.93. The smallest absolute Gasteiger partial charge is 0.150 e. The van der Waals surface area contributed by atoms with Gasteiger partial charge in [0.15, 0.2) is 5.15 Å². The molecule has 0 bridgehead atoms. The van der Waals surface area contributed by atoms with E-state index in [-0.39, 0.29) is 16.5 Å². The number of benzene rings is 1. The number of pyridine rings is 1. The van der Waals surface area contributed by atoms with Crippen molar-refractivity contribution in [2.75, 3.05) is 0 Å². The average molecular weight is 300 g/mol. The predicted molar refractivity (Wildman–Crippen MR) is 70.5 cm³/mol. The van der Waals surface area contributed by atoms with Crippen molar-refractivity contribution in [3.05, 3.63) is 51.2 Å². The minimum Gasteiger partial charge on any atom is -0.454 e. The number of hydrogen-bond acceptors (Lipinski definition) is 3. The van der Waals surface area contributed by atoms with Gasteiger partial charge in [-0.2, -0.15) is 5.26 Å². The summed E-state index contributed by atoms with van der Waals surface area (Å²) >= 11 is 17.6. The quantitative estimate of drug-likeness (QED) is 0.755. The summed E-state index contributed by atoms with van der Waals surface area (Å²) < 4.78 is 5.53. The molecule has 1 aromatic heterocycles. The molecule has 0 spiro atoms. The number of hydrogen-bond donors (Lipinski definition) is 0. The third kappa shape index (κ3) is 2.68. The summed E-state index contributed by atoms with van der Waals surface area (Å²) in [5.74, 6) is 0.629. The third-order valence-corrected chi connectivity index (χ3v) is 2.93. The zero-order valence-electron chi connectivity index (χ0n) is 8.82. The Hall–Kier alpha value is -1.47. The summed E-state index contributed by atoms with van der Waals surface area (Å²) in [6.07, 6.45) is 1.44. The van der Waals surface area contributed by atoms with Gasteiger partial charge in [-0.1, -0.05) is 34.8 Å². The Morgan fingerprint density at radius 3 is 2.61 bits per heavy atom. The summed E-state index contributed by atoms with van der Waals surface area (Å²) in [4.78, 5) is 3.80. The van der Waals surface area contributed by atoms with Gasteiger partial charge < -0.3 is 4.74 Å². The molecule has 0 saturated carbocycles. The van der Waals surface area contributed by atoms with Crippen LogP contribution in [0.15, 0.2) is 30.5 Å². The lowest BCUT2D eigenvalue weighted by Crippen LogP contribution is -1.91. The zero-order chi connectivity index (χ0) is 13.1. The van der Waals surface area contributed by atoms with Crippen LogP contribution in [0.4, 0.5) is 0 Å². The molecule has 1 aromatic carbocycles. The lowest BCUT2D eigenvalue weighted by Gasteiger charge is -2.09. The van der Waals surface area contributed by atoms with E-state index in [2.05, 4.69) is 4.98 Å². The van der Waals surface area contributed by atoms with Crippen LogP contribution in [-0.4, -0.2) is 4.98 Å². The Morgan fingerprint density at radius 2 is 1.89 bits per heavy atom. The fourth-order valence-electron chi connectivity index (χ4n) is 1.28. The highest BCUT2D eigenvalue weighted by molar-refractivity contribution is 6.34. The maximum Gasteiger partial charge on any atom is 0.150 e. The number of rotatable bonds is 2. The van der Waals surface area contributed by atoms with Gasteiger partial charge >= 0.3 is 0 Å². The van der Waals surface area contributed by atoms with E-state index in [4.69, 9.17) is 44.8 Å². The van der Waals surface area contributed by atoms with Crippen molar-refractivity contribution in [3.63, 3.8) is 0 Å². The molecule has 3 nitrogen and oxygen atoms in total. The Morgan fingerprint density at radius 1 is 1.11 bits per heavy atom. The molecule has 90 valence electrons. The van der Waals surface area contributed by atoms with Crippen molar-refractivity contribution in [3.8, 4) is 17.6 Å². The van der Waals surface area contributed by atoms with Crippen LogP contribution in [0, 0.1) is 11.3 Å². The van der Waals surface area contributed by atoms with E-state index in [1.54, 1.807) is 18.2 Å². The third-order valence-electron chi connectivity index (χ3n) is 2.09.